The third-order valence-electron chi connectivity index (χ3n) is 1.39. The van der Waals surface area contributed by atoms with Crippen molar-refractivity contribution >= 4 is 11.6 Å². The van der Waals surface area contributed by atoms with E-state index in [2.05, 4.69) is 4.98 Å². The number of hydrogen-bond donors (Lipinski definition) is 0. The fraction of sp³-hybridized carbons (Fsp3) is 0.375. The van der Waals surface area contributed by atoms with Crippen LogP contribution in [0.1, 0.15) is 11.3 Å². The molecule has 0 fully saturated rings. The first-order valence-electron chi connectivity index (χ1n) is 3.42. The Labute approximate surface area is 70.2 Å². The number of pyridine rings is 1. The molecule has 0 aliphatic carbocycles. The Morgan fingerprint density at radius 2 is 2.27 bits per heavy atom. The third-order valence-corrected chi connectivity index (χ3v) is 1.70. The predicted octanol–water partition coefficient (Wildman–Crippen LogP) is 2.33. The molecule has 1 rings (SSSR count). The van der Waals surface area contributed by atoms with Crippen LogP contribution in [0.5, 0.6) is 0 Å². The van der Waals surface area contributed by atoms with Gasteiger partial charge in [-0.15, -0.1) is 11.6 Å². The second-order valence-corrected chi connectivity index (χ2v) is 2.50. The zero-order chi connectivity index (χ0) is 8.10. The molecule has 1 aromatic heterocycles. The molecule has 60 valence electrons. The second-order valence-electron chi connectivity index (χ2n) is 2.23. The van der Waals surface area contributed by atoms with Crippen LogP contribution in [0.2, 0.25) is 0 Å². The molecule has 0 spiro atoms. The SMILES string of the molecule is FCCc1ccc(CCl)cn1. The van der Waals surface area contributed by atoms with E-state index in [-0.39, 0.29) is 6.67 Å². The molecule has 0 unspecified atom stereocenters. The van der Waals surface area contributed by atoms with Crippen molar-refractivity contribution in [2.45, 2.75) is 12.3 Å². The van der Waals surface area contributed by atoms with Crippen LogP contribution < -0.4 is 0 Å². The first-order chi connectivity index (χ1) is 5.36. The number of aryl methyl sites for hydroxylation is 1. The lowest BCUT2D eigenvalue weighted by Crippen LogP contribution is -1.91. The van der Waals surface area contributed by atoms with Gasteiger partial charge in [0.2, 0.25) is 0 Å². The number of alkyl halides is 2. The number of hydrogen-bond acceptors (Lipinski definition) is 1. The molecule has 0 bridgehead atoms. The van der Waals surface area contributed by atoms with E-state index in [0.29, 0.717) is 12.3 Å². The summed E-state index contributed by atoms with van der Waals surface area (Å²) in [5, 5.41) is 0. The quantitative estimate of drug-likeness (QED) is 0.640. The van der Waals surface area contributed by atoms with Gasteiger partial charge in [0.15, 0.2) is 0 Å². The van der Waals surface area contributed by atoms with Crippen molar-refractivity contribution < 1.29 is 4.39 Å². The van der Waals surface area contributed by atoms with Crippen LogP contribution >= 0.6 is 11.6 Å². The predicted molar refractivity (Wildman–Crippen MR) is 43.5 cm³/mol. The van der Waals surface area contributed by atoms with E-state index in [0.717, 1.165) is 11.3 Å². The smallest absolute Gasteiger partial charge is 0.0949 e. The molecule has 0 radical (unpaired) electrons. The Bertz CT molecular complexity index is 210. The third kappa shape index (κ3) is 2.46. The van der Waals surface area contributed by atoms with Crippen LogP contribution in [0.25, 0.3) is 0 Å². The lowest BCUT2D eigenvalue weighted by atomic mass is 10.2. The van der Waals surface area contributed by atoms with Gasteiger partial charge in [-0.25, -0.2) is 0 Å². The fourth-order valence-corrected chi connectivity index (χ4v) is 0.937. The minimum atomic E-state index is -0.354. The highest BCUT2D eigenvalue weighted by molar-refractivity contribution is 6.17. The average Bonchev–Trinajstić information content (AvgIpc) is 2.07. The topological polar surface area (TPSA) is 12.9 Å². The highest BCUT2D eigenvalue weighted by atomic mass is 35.5. The van der Waals surface area contributed by atoms with Gasteiger partial charge >= 0.3 is 0 Å². The highest BCUT2D eigenvalue weighted by Gasteiger charge is 1.93. The molecule has 1 nitrogen and oxygen atoms in total. The van der Waals surface area contributed by atoms with E-state index in [1.165, 1.54) is 0 Å². The largest absolute Gasteiger partial charge is 0.261 e. The van der Waals surface area contributed by atoms with Crippen molar-refractivity contribution in [1.29, 1.82) is 0 Å². The molecule has 0 aliphatic rings. The summed E-state index contributed by atoms with van der Waals surface area (Å²) in [6, 6.07) is 3.67. The van der Waals surface area contributed by atoms with Gasteiger partial charge < -0.3 is 0 Å². The summed E-state index contributed by atoms with van der Waals surface area (Å²) in [5.74, 6) is 0.461. The van der Waals surface area contributed by atoms with E-state index >= 15 is 0 Å². The minimum Gasteiger partial charge on any atom is -0.261 e. The van der Waals surface area contributed by atoms with E-state index in [9.17, 15) is 4.39 Å². The highest BCUT2D eigenvalue weighted by Crippen LogP contribution is 2.03. The Morgan fingerprint density at radius 1 is 1.45 bits per heavy atom. The van der Waals surface area contributed by atoms with Crippen LogP contribution in [-0.2, 0) is 12.3 Å². The molecular weight excluding hydrogens is 165 g/mol. The molecule has 0 aliphatic heterocycles. The number of halogens is 2. The zero-order valence-electron chi connectivity index (χ0n) is 6.06. The van der Waals surface area contributed by atoms with E-state index in [1.54, 1.807) is 12.3 Å². The monoisotopic (exact) mass is 173 g/mol. The van der Waals surface area contributed by atoms with Crippen molar-refractivity contribution in [3.63, 3.8) is 0 Å². The molecular formula is C8H9ClFN. The summed E-state index contributed by atoms with van der Waals surface area (Å²) < 4.78 is 11.8. The molecule has 0 atom stereocenters. The van der Waals surface area contributed by atoms with Crippen molar-refractivity contribution in [2.24, 2.45) is 0 Å². The molecule has 0 amide bonds. The Balaban J connectivity index is 2.66. The lowest BCUT2D eigenvalue weighted by molar-refractivity contribution is 0.492. The van der Waals surface area contributed by atoms with Gasteiger partial charge in [-0.05, 0) is 11.6 Å². The van der Waals surface area contributed by atoms with E-state index in [1.807, 2.05) is 6.07 Å². The van der Waals surface area contributed by atoms with Gasteiger partial charge in [-0.1, -0.05) is 6.07 Å². The lowest BCUT2D eigenvalue weighted by Gasteiger charge is -1.96. The van der Waals surface area contributed by atoms with E-state index < -0.39 is 0 Å². The number of nitrogens with zero attached hydrogens (tertiary/aromatic N) is 1. The van der Waals surface area contributed by atoms with Crippen LogP contribution in [-0.4, -0.2) is 11.7 Å². The normalized spacial score (nSPS) is 10.0. The standard InChI is InChI=1S/C8H9ClFN/c9-5-7-1-2-8(3-4-10)11-6-7/h1-2,6H,3-5H2. The summed E-state index contributed by atoms with van der Waals surface area (Å²) >= 11 is 5.54. The summed E-state index contributed by atoms with van der Waals surface area (Å²) in [7, 11) is 0. The van der Waals surface area contributed by atoms with Crippen LogP contribution in [0, 0.1) is 0 Å². The van der Waals surface area contributed by atoms with Gasteiger partial charge in [0.25, 0.3) is 0 Å². The molecule has 11 heavy (non-hydrogen) atoms. The summed E-state index contributed by atoms with van der Waals surface area (Å²) in [4.78, 5) is 4.01. The van der Waals surface area contributed by atoms with E-state index in [4.69, 9.17) is 11.6 Å². The van der Waals surface area contributed by atoms with Crippen molar-refractivity contribution in [1.82, 2.24) is 4.98 Å². The second kappa shape index (κ2) is 4.29. The molecule has 3 heteroatoms. The maximum absolute atomic E-state index is 11.8. The summed E-state index contributed by atoms with van der Waals surface area (Å²) in [6.45, 7) is -0.354. The zero-order valence-corrected chi connectivity index (χ0v) is 6.81. The van der Waals surface area contributed by atoms with Crippen LogP contribution in [0.15, 0.2) is 18.3 Å². The van der Waals surface area contributed by atoms with Crippen molar-refractivity contribution in [3.8, 4) is 0 Å². The van der Waals surface area contributed by atoms with Crippen LogP contribution in [0.3, 0.4) is 0 Å². The molecule has 0 aromatic carbocycles. The minimum absolute atomic E-state index is 0.354. The van der Waals surface area contributed by atoms with Crippen molar-refractivity contribution in [3.05, 3.63) is 29.6 Å². The summed E-state index contributed by atoms with van der Waals surface area (Å²) in [6.07, 6.45) is 2.07. The Hall–Kier alpha value is -0.630. The first kappa shape index (κ1) is 8.47. The van der Waals surface area contributed by atoms with Crippen LogP contribution in [0.4, 0.5) is 4.39 Å². The molecule has 1 heterocycles. The number of rotatable bonds is 3. The Morgan fingerprint density at radius 3 is 2.73 bits per heavy atom. The Kier molecular flexibility index (Phi) is 3.30. The fourth-order valence-electron chi connectivity index (χ4n) is 0.779. The molecule has 0 N–H and O–H groups in total. The average molecular weight is 174 g/mol. The van der Waals surface area contributed by atoms with Gasteiger partial charge in [0, 0.05) is 24.2 Å². The maximum atomic E-state index is 11.8. The first-order valence-corrected chi connectivity index (χ1v) is 3.96. The van der Waals surface area contributed by atoms with Gasteiger partial charge in [0.05, 0.1) is 6.67 Å². The summed E-state index contributed by atoms with van der Waals surface area (Å²) in [5.41, 5.74) is 1.75. The molecule has 1 aromatic rings. The maximum Gasteiger partial charge on any atom is 0.0949 e. The number of aromatic nitrogens is 1. The van der Waals surface area contributed by atoms with Crippen molar-refractivity contribution in [2.75, 3.05) is 6.67 Å². The van der Waals surface area contributed by atoms with Gasteiger partial charge in [0.1, 0.15) is 0 Å². The van der Waals surface area contributed by atoms with Gasteiger partial charge in [-0.2, -0.15) is 0 Å². The van der Waals surface area contributed by atoms with Gasteiger partial charge in [-0.3, -0.25) is 9.37 Å². The molecule has 0 saturated carbocycles. The molecule has 0 saturated heterocycles.